The Morgan fingerprint density at radius 1 is 1.42 bits per heavy atom. The van der Waals surface area contributed by atoms with Gasteiger partial charge in [0.15, 0.2) is 5.52 Å². The molecule has 10 heteroatoms. The Morgan fingerprint density at radius 3 is 2.75 bits per heavy atom. The minimum atomic E-state index is -0.396. The molecule has 0 unspecified atom stereocenters. The second kappa shape index (κ2) is 7.34. The molecule has 2 heterocycles. The summed E-state index contributed by atoms with van der Waals surface area (Å²) >= 11 is 6.69. The highest BCUT2D eigenvalue weighted by Crippen LogP contribution is 2.40. The van der Waals surface area contributed by atoms with Crippen LogP contribution in [0.1, 0.15) is 0 Å². The van der Waals surface area contributed by atoms with Crippen LogP contribution >= 0.6 is 31.9 Å². The number of methoxy groups -OCH3 is 1. The lowest BCUT2D eigenvalue weighted by atomic mass is 10.2. The Balaban J connectivity index is 2.22. The molecule has 1 aromatic heterocycles. The molecule has 0 atom stereocenters. The Kier molecular flexibility index (Phi) is 5.38. The number of benzene rings is 1. The number of hydrogen-bond acceptors (Lipinski definition) is 6. The third kappa shape index (κ3) is 3.15. The lowest BCUT2D eigenvalue weighted by molar-refractivity contribution is -0.384. The fourth-order valence-electron chi connectivity index (χ4n) is 2.85. The fourth-order valence-corrected chi connectivity index (χ4v) is 3.70. The van der Waals surface area contributed by atoms with Gasteiger partial charge in [-0.3, -0.25) is 10.1 Å². The highest BCUT2D eigenvalue weighted by molar-refractivity contribution is 9.13. The number of rotatable bonds is 5. The van der Waals surface area contributed by atoms with E-state index < -0.39 is 4.92 Å². The molecule has 130 valence electrons. The molecule has 0 spiro atoms. The third-order valence-electron chi connectivity index (χ3n) is 3.99. The molecule has 1 saturated heterocycles. The molecule has 1 N–H and O–H groups in total. The number of fused-ring (bicyclic) bond motifs is 1. The molecular weight excluding hydrogens is 446 g/mol. The fraction of sp³-hybridized carbons (Fsp3) is 0.500. The predicted molar refractivity (Wildman–Crippen MR) is 98.7 cm³/mol. The van der Waals surface area contributed by atoms with Crippen LogP contribution in [-0.2, 0) is 11.3 Å². The molecule has 1 aliphatic rings. The predicted octanol–water partition coefficient (Wildman–Crippen LogP) is 2.53. The molecule has 24 heavy (non-hydrogen) atoms. The van der Waals surface area contributed by atoms with E-state index in [0.717, 1.165) is 37.6 Å². The maximum Gasteiger partial charge on any atom is 0.312 e. The van der Waals surface area contributed by atoms with E-state index >= 15 is 0 Å². The Bertz CT molecular complexity index is 774. The number of nitro groups is 1. The number of nitrogens with zero attached hydrogens (tertiary/aromatic N) is 4. The number of nitrogens with one attached hydrogen (secondary N) is 1. The second-order valence-electron chi connectivity index (χ2n) is 5.44. The molecule has 8 nitrogen and oxygen atoms in total. The molecule has 1 aliphatic heterocycles. The van der Waals surface area contributed by atoms with Crippen molar-refractivity contribution in [3.05, 3.63) is 25.1 Å². The van der Waals surface area contributed by atoms with E-state index in [2.05, 4.69) is 47.1 Å². The lowest BCUT2D eigenvalue weighted by Crippen LogP contribution is -2.44. The highest BCUT2D eigenvalue weighted by Gasteiger charge is 2.27. The Hall–Kier alpha value is -1.23. The van der Waals surface area contributed by atoms with Gasteiger partial charge in [-0.2, -0.15) is 0 Å². The van der Waals surface area contributed by atoms with Crippen molar-refractivity contribution in [1.82, 2.24) is 14.9 Å². The van der Waals surface area contributed by atoms with Gasteiger partial charge in [-0.25, -0.2) is 4.98 Å². The van der Waals surface area contributed by atoms with Crippen LogP contribution in [0.25, 0.3) is 11.0 Å². The quantitative estimate of drug-likeness (QED) is 0.542. The minimum Gasteiger partial charge on any atom is -0.383 e. The summed E-state index contributed by atoms with van der Waals surface area (Å²) in [4.78, 5) is 17.9. The largest absolute Gasteiger partial charge is 0.383 e. The summed E-state index contributed by atoms with van der Waals surface area (Å²) < 4.78 is 8.24. The average Bonchev–Trinajstić information content (AvgIpc) is 2.92. The Morgan fingerprint density at radius 2 is 2.12 bits per heavy atom. The van der Waals surface area contributed by atoms with Crippen molar-refractivity contribution >= 4 is 54.5 Å². The number of ether oxygens (including phenoxy) is 1. The van der Waals surface area contributed by atoms with Crippen molar-refractivity contribution in [1.29, 1.82) is 0 Å². The average molecular weight is 463 g/mol. The van der Waals surface area contributed by atoms with Gasteiger partial charge in [-0.15, -0.1) is 0 Å². The first-order chi connectivity index (χ1) is 11.5. The molecule has 0 bridgehead atoms. The number of imidazole rings is 1. The van der Waals surface area contributed by atoms with Crippen molar-refractivity contribution < 1.29 is 9.66 Å². The van der Waals surface area contributed by atoms with Gasteiger partial charge in [-0.05, 0) is 37.9 Å². The monoisotopic (exact) mass is 461 g/mol. The van der Waals surface area contributed by atoms with Gasteiger partial charge < -0.3 is 19.5 Å². The van der Waals surface area contributed by atoms with Crippen molar-refractivity contribution in [2.24, 2.45) is 0 Å². The zero-order valence-corrected chi connectivity index (χ0v) is 16.3. The smallest absolute Gasteiger partial charge is 0.312 e. The number of piperazine rings is 1. The van der Waals surface area contributed by atoms with Crippen molar-refractivity contribution in [3.63, 3.8) is 0 Å². The highest BCUT2D eigenvalue weighted by atomic mass is 79.9. The molecule has 0 saturated carbocycles. The molecule has 3 rings (SSSR count). The van der Waals surface area contributed by atoms with E-state index in [1.165, 1.54) is 0 Å². The van der Waals surface area contributed by atoms with Crippen LogP contribution in [0, 0.1) is 10.1 Å². The summed E-state index contributed by atoms with van der Waals surface area (Å²) in [5.41, 5.74) is 1.09. The van der Waals surface area contributed by atoms with Gasteiger partial charge in [0.05, 0.1) is 17.0 Å². The van der Waals surface area contributed by atoms with E-state index in [0.29, 0.717) is 27.6 Å². The molecule has 0 radical (unpaired) electrons. The summed E-state index contributed by atoms with van der Waals surface area (Å²) in [6, 6.07) is 1.86. The van der Waals surface area contributed by atoms with Gasteiger partial charge in [-0.1, -0.05) is 0 Å². The van der Waals surface area contributed by atoms with Crippen LogP contribution in [0.5, 0.6) is 0 Å². The van der Waals surface area contributed by atoms with Crippen LogP contribution < -0.4 is 10.2 Å². The van der Waals surface area contributed by atoms with Gasteiger partial charge >= 0.3 is 5.69 Å². The number of anilines is 1. The van der Waals surface area contributed by atoms with Crippen LogP contribution in [0.2, 0.25) is 0 Å². The lowest BCUT2D eigenvalue weighted by Gasteiger charge is -2.28. The zero-order valence-electron chi connectivity index (χ0n) is 13.1. The van der Waals surface area contributed by atoms with Crippen molar-refractivity contribution in [2.45, 2.75) is 6.54 Å². The number of hydrogen-bond donors (Lipinski definition) is 1. The maximum absolute atomic E-state index is 11.6. The summed E-state index contributed by atoms with van der Waals surface area (Å²) in [5.74, 6) is 0.747. The van der Waals surface area contributed by atoms with Gasteiger partial charge in [0.2, 0.25) is 5.95 Å². The molecular formula is C14H17Br2N5O3. The van der Waals surface area contributed by atoms with Gasteiger partial charge in [0.1, 0.15) is 4.47 Å². The maximum atomic E-state index is 11.6. The summed E-state index contributed by atoms with van der Waals surface area (Å²) in [7, 11) is 1.64. The number of halogens is 2. The Labute approximate surface area is 155 Å². The molecule has 0 aliphatic carbocycles. The van der Waals surface area contributed by atoms with Crippen LogP contribution in [0.15, 0.2) is 15.0 Å². The van der Waals surface area contributed by atoms with Crippen LogP contribution in [0.4, 0.5) is 11.6 Å². The first-order valence-corrected chi connectivity index (χ1v) is 9.10. The molecule has 1 fully saturated rings. The third-order valence-corrected chi connectivity index (χ3v) is 5.95. The molecule has 1 aromatic carbocycles. The number of nitro benzene ring substituents is 1. The summed E-state index contributed by atoms with van der Waals surface area (Å²) in [5, 5.41) is 14.9. The van der Waals surface area contributed by atoms with E-state index in [4.69, 9.17) is 4.74 Å². The van der Waals surface area contributed by atoms with Crippen molar-refractivity contribution in [3.8, 4) is 0 Å². The van der Waals surface area contributed by atoms with E-state index in [9.17, 15) is 10.1 Å². The SMILES string of the molecule is COCCn1c(N2CCNCC2)nc2c([N+](=O)[O-])c(Br)c(Br)cc21. The first-order valence-electron chi connectivity index (χ1n) is 7.51. The second-order valence-corrected chi connectivity index (χ2v) is 7.09. The van der Waals surface area contributed by atoms with E-state index in [-0.39, 0.29) is 5.69 Å². The van der Waals surface area contributed by atoms with Gasteiger partial charge in [0.25, 0.3) is 0 Å². The standard InChI is InChI=1S/C14H17Br2N5O3/c1-24-7-6-20-10-8-9(15)11(16)13(21(22)23)12(10)18-14(20)19-4-2-17-3-5-19/h8,17H,2-7H2,1H3. The minimum absolute atomic E-state index is 0.0214. The molecule has 0 amide bonds. The van der Waals surface area contributed by atoms with Gasteiger partial charge in [0, 0.05) is 44.3 Å². The zero-order chi connectivity index (χ0) is 17.3. The topological polar surface area (TPSA) is 85.5 Å². The summed E-state index contributed by atoms with van der Waals surface area (Å²) in [6.45, 7) is 4.44. The normalized spacial score (nSPS) is 15.2. The van der Waals surface area contributed by atoms with E-state index in [1.54, 1.807) is 7.11 Å². The van der Waals surface area contributed by atoms with E-state index in [1.807, 2.05) is 10.6 Å². The summed E-state index contributed by atoms with van der Waals surface area (Å²) in [6.07, 6.45) is 0. The van der Waals surface area contributed by atoms with Crippen LogP contribution in [-0.4, -0.2) is 54.4 Å². The van der Waals surface area contributed by atoms with Crippen molar-refractivity contribution in [2.75, 3.05) is 44.8 Å². The number of aromatic nitrogens is 2. The molecule has 2 aromatic rings. The van der Waals surface area contributed by atoms with Crippen LogP contribution in [0.3, 0.4) is 0 Å². The first kappa shape index (κ1) is 17.6.